The molecule has 1 N–H and O–H groups in total. The maximum absolute atomic E-state index is 13.3. The zero-order valence-corrected chi connectivity index (χ0v) is 22.8. The van der Waals surface area contributed by atoms with Crippen LogP contribution in [0.5, 0.6) is 0 Å². The summed E-state index contributed by atoms with van der Waals surface area (Å²) < 4.78 is 24.7. The highest BCUT2D eigenvalue weighted by molar-refractivity contribution is 5.68. The molecule has 1 aliphatic rings. The Bertz CT molecular complexity index is 1320. The van der Waals surface area contributed by atoms with E-state index in [9.17, 15) is 9.90 Å². The fourth-order valence-corrected chi connectivity index (χ4v) is 4.79. The van der Waals surface area contributed by atoms with Crippen molar-refractivity contribution in [3.05, 3.63) is 144 Å². The molecule has 1 saturated heterocycles. The van der Waals surface area contributed by atoms with Crippen molar-refractivity contribution in [3.63, 3.8) is 0 Å². The molecule has 4 aromatic carbocycles. The number of carbonyl (C=O) groups is 1. The Kier molecular flexibility index (Phi) is 10.1. The standard InChI is InChI=1S/C34H35NO6/c36-33-32(40-24-28-17-9-3-10-18-28)31(39-23-27-15-7-2-8-16-27)30(38-22-26-13-5-1-6-14-26)21-35(33)34(37)41-25-29-19-11-4-12-20-29/h1-20,30-33,36H,21-25H2/t30-,31-,32+,33+/m1/s1. The molecule has 0 bridgehead atoms. The van der Waals surface area contributed by atoms with Crippen molar-refractivity contribution in [3.8, 4) is 0 Å². The first-order valence-electron chi connectivity index (χ1n) is 13.8. The Morgan fingerprint density at radius 1 is 0.585 bits per heavy atom. The topological polar surface area (TPSA) is 77.5 Å². The third-order valence-corrected chi connectivity index (χ3v) is 7.00. The number of ether oxygens (including phenoxy) is 4. The SMILES string of the molecule is O=C(OCc1ccccc1)N1C[C@@H](OCc2ccccc2)[C@@H](OCc2ccccc2)[C@H](OCc2ccccc2)[C@@H]1O. The van der Waals surface area contributed by atoms with Crippen LogP contribution in [0.3, 0.4) is 0 Å². The number of aliphatic hydroxyl groups is 1. The molecule has 1 fully saturated rings. The molecule has 4 aromatic rings. The number of hydrogen-bond acceptors (Lipinski definition) is 6. The molecule has 1 aliphatic heterocycles. The van der Waals surface area contributed by atoms with Gasteiger partial charge in [0.1, 0.15) is 24.9 Å². The summed E-state index contributed by atoms with van der Waals surface area (Å²) >= 11 is 0. The number of carbonyl (C=O) groups excluding carboxylic acids is 1. The summed E-state index contributed by atoms with van der Waals surface area (Å²) in [6, 6.07) is 38.7. The van der Waals surface area contributed by atoms with Gasteiger partial charge in [0.05, 0.1) is 26.4 Å². The number of piperidine rings is 1. The molecule has 41 heavy (non-hydrogen) atoms. The second kappa shape index (κ2) is 14.6. The zero-order chi connectivity index (χ0) is 28.3. The Morgan fingerprint density at radius 2 is 0.976 bits per heavy atom. The van der Waals surface area contributed by atoms with E-state index in [2.05, 4.69) is 0 Å². The van der Waals surface area contributed by atoms with Crippen LogP contribution in [-0.4, -0.2) is 47.2 Å². The number of likely N-dealkylation sites (tertiary alicyclic amines) is 1. The number of amides is 1. The molecule has 4 atom stereocenters. The van der Waals surface area contributed by atoms with Crippen LogP contribution in [0.1, 0.15) is 22.3 Å². The first-order chi connectivity index (χ1) is 20.2. The van der Waals surface area contributed by atoms with Gasteiger partial charge in [0.25, 0.3) is 0 Å². The van der Waals surface area contributed by atoms with Crippen LogP contribution in [0.15, 0.2) is 121 Å². The third kappa shape index (κ3) is 8.02. The van der Waals surface area contributed by atoms with E-state index in [0.717, 1.165) is 22.3 Å². The third-order valence-electron chi connectivity index (χ3n) is 7.00. The predicted molar refractivity (Wildman–Crippen MR) is 154 cm³/mol. The average Bonchev–Trinajstić information content (AvgIpc) is 3.03. The summed E-state index contributed by atoms with van der Waals surface area (Å²) in [6.45, 7) is 0.998. The Labute approximate surface area is 240 Å². The lowest BCUT2D eigenvalue weighted by Crippen LogP contribution is -2.64. The van der Waals surface area contributed by atoms with E-state index in [1.807, 2.05) is 121 Å². The minimum absolute atomic E-state index is 0.0757. The lowest BCUT2D eigenvalue weighted by Gasteiger charge is -2.45. The summed E-state index contributed by atoms with van der Waals surface area (Å²) in [5.41, 5.74) is 3.76. The molecule has 0 unspecified atom stereocenters. The molecule has 0 spiro atoms. The van der Waals surface area contributed by atoms with Gasteiger partial charge in [-0.2, -0.15) is 0 Å². The van der Waals surface area contributed by atoms with Crippen LogP contribution >= 0.6 is 0 Å². The molecule has 0 aromatic heterocycles. The fraction of sp³-hybridized carbons (Fsp3) is 0.265. The molecule has 5 rings (SSSR count). The molecule has 0 radical (unpaired) electrons. The molecular formula is C34H35NO6. The largest absolute Gasteiger partial charge is 0.444 e. The van der Waals surface area contributed by atoms with Crippen LogP contribution in [0.25, 0.3) is 0 Å². The van der Waals surface area contributed by atoms with E-state index < -0.39 is 30.6 Å². The molecule has 0 saturated carbocycles. The van der Waals surface area contributed by atoms with E-state index in [1.165, 1.54) is 4.90 Å². The summed E-state index contributed by atoms with van der Waals surface area (Å²) in [5, 5.41) is 11.5. The Hall–Kier alpha value is -4.01. The van der Waals surface area contributed by atoms with Crippen molar-refractivity contribution in [1.29, 1.82) is 0 Å². The van der Waals surface area contributed by atoms with Crippen LogP contribution in [0.2, 0.25) is 0 Å². The predicted octanol–water partition coefficient (Wildman–Crippen LogP) is 5.71. The summed E-state index contributed by atoms with van der Waals surface area (Å²) in [7, 11) is 0. The molecule has 7 nitrogen and oxygen atoms in total. The monoisotopic (exact) mass is 553 g/mol. The maximum Gasteiger partial charge on any atom is 0.412 e. The second-order valence-corrected chi connectivity index (χ2v) is 9.96. The molecule has 7 heteroatoms. The Morgan fingerprint density at radius 3 is 1.44 bits per heavy atom. The van der Waals surface area contributed by atoms with Gasteiger partial charge in [-0.15, -0.1) is 0 Å². The van der Waals surface area contributed by atoms with Crippen LogP contribution in [-0.2, 0) is 45.4 Å². The summed E-state index contributed by atoms with van der Waals surface area (Å²) in [4.78, 5) is 14.6. The van der Waals surface area contributed by atoms with Gasteiger partial charge in [-0.05, 0) is 22.3 Å². The number of benzene rings is 4. The van der Waals surface area contributed by atoms with E-state index >= 15 is 0 Å². The molecule has 1 heterocycles. The van der Waals surface area contributed by atoms with Crippen molar-refractivity contribution in [2.24, 2.45) is 0 Å². The lowest BCUT2D eigenvalue weighted by atomic mass is 9.99. The lowest BCUT2D eigenvalue weighted by molar-refractivity contribution is -0.234. The fourth-order valence-electron chi connectivity index (χ4n) is 4.79. The van der Waals surface area contributed by atoms with Crippen LogP contribution in [0.4, 0.5) is 4.79 Å². The smallest absolute Gasteiger partial charge is 0.412 e. The van der Waals surface area contributed by atoms with Crippen molar-refractivity contribution in [2.45, 2.75) is 51.0 Å². The average molecular weight is 554 g/mol. The first kappa shape index (κ1) is 28.5. The van der Waals surface area contributed by atoms with E-state index in [1.54, 1.807) is 0 Å². The van der Waals surface area contributed by atoms with Gasteiger partial charge in [0, 0.05) is 0 Å². The minimum atomic E-state index is -1.31. The van der Waals surface area contributed by atoms with Crippen molar-refractivity contribution in [1.82, 2.24) is 4.90 Å². The van der Waals surface area contributed by atoms with E-state index in [0.29, 0.717) is 13.2 Å². The maximum atomic E-state index is 13.3. The number of nitrogens with zero attached hydrogens (tertiary/aromatic N) is 1. The highest BCUT2D eigenvalue weighted by atomic mass is 16.6. The van der Waals surface area contributed by atoms with Gasteiger partial charge in [-0.3, -0.25) is 4.90 Å². The number of hydrogen-bond donors (Lipinski definition) is 1. The number of rotatable bonds is 11. The summed E-state index contributed by atoms with van der Waals surface area (Å²) in [5.74, 6) is 0. The van der Waals surface area contributed by atoms with Gasteiger partial charge in [-0.1, -0.05) is 121 Å². The Balaban J connectivity index is 1.38. The van der Waals surface area contributed by atoms with Crippen molar-refractivity contribution in [2.75, 3.05) is 6.54 Å². The van der Waals surface area contributed by atoms with Gasteiger partial charge < -0.3 is 24.1 Å². The highest BCUT2D eigenvalue weighted by Gasteiger charge is 2.47. The summed E-state index contributed by atoms with van der Waals surface area (Å²) in [6.07, 6.45) is -4.09. The molecule has 212 valence electrons. The van der Waals surface area contributed by atoms with E-state index in [4.69, 9.17) is 18.9 Å². The molecular weight excluding hydrogens is 518 g/mol. The van der Waals surface area contributed by atoms with Gasteiger partial charge in [0.2, 0.25) is 0 Å². The zero-order valence-electron chi connectivity index (χ0n) is 22.8. The van der Waals surface area contributed by atoms with E-state index in [-0.39, 0.29) is 19.8 Å². The minimum Gasteiger partial charge on any atom is -0.444 e. The second-order valence-electron chi connectivity index (χ2n) is 9.96. The quantitative estimate of drug-likeness (QED) is 0.256. The van der Waals surface area contributed by atoms with Crippen molar-refractivity contribution < 1.29 is 28.8 Å². The van der Waals surface area contributed by atoms with Crippen LogP contribution in [0, 0.1) is 0 Å². The van der Waals surface area contributed by atoms with Crippen molar-refractivity contribution >= 4 is 6.09 Å². The number of aliphatic hydroxyl groups excluding tert-OH is 1. The van der Waals surface area contributed by atoms with Gasteiger partial charge in [-0.25, -0.2) is 4.79 Å². The first-order valence-corrected chi connectivity index (χ1v) is 13.8. The molecule has 0 aliphatic carbocycles. The highest BCUT2D eigenvalue weighted by Crippen LogP contribution is 2.28. The van der Waals surface area contributed by atoms with Gasteiger partial charge >= 0.3 is 6.09 Å². The van der Waals surface area contributed by atoms with Gasteiger partial charge in [0.15, 0.2) is 6.23 Å². The molecule has 1 amide bonds. The van der Waals surface area contributed by atoms with Crippen LogP contribution < -0.4 is 0 Å². The normalized spacial score (nSPS) is 20.5.